The van der Waals surface area contributed by atoms with E-state index in [4.69, 9.17) is 4.74 Å². The highest BCUT2D eigenvalue weighted by atomic mass is 16.5. The number of hydrogen-bond donors (Lipinski definition) is 1. The Morgan fingerprint density at radius 3 is 2.45 bits per heavy atom. The van der Waals surface area contributed by atoms with Crippen molar-refractivity contribution >= 4 is 6.08 Å². The Morgan fingerprint density at radius 2 is 1.90 bits per heavy atom. The molecule has 0 unspecified atom stereocenters. The van der Waals surface area contributed by atoms with Crippen molar-refractivity contribution in [3.8, 4) is 5.75 Å². The van der Waals surface area contributed by atoms with Crippen molar-refractivity contribution in [1.29, 1.82) is 0 Å². The summed E-state index contributed by atoms with van der Waals surface area (Å²) in [5.41, 5.74) is 2.69. The standard InChI is InChI=1S/C18H29NO/c1-5-11-20-18-9-7-17(8-10-18)12-16(6-2)14-19-13-15(3)4/h7-10,12,15,19H,5-6,11,13-14H2,1-4H3. The second-order valence-corrected chi connectivity index (χ2v) is 5.60. The average Bonchev–Trinajstić information content (AvgIpc) is 2.45. The first-order valence-electron chi connectivity index (χ1n) is 7.78. The van der Waals surface area contributed by atoms with Crippen LogP contribution >= 0.6 is 0 Å². The summed E-state index contributed by atoms with van der Waals surface area (Å²) in [4.78, 5) is 0. The van der Waals surface area contributed by atoms with Crippen LogP contribution in [-0.2, 0) is 0 Å². The van der Waals surface area contributed by atoms with Gasteiger partial charge in [-0.2, -0.15) is 0 Å². The Labute approximate surface area is 124 Å². The molecule has 1 aromatic rings. The lowest BCUT2D eigenvalue weighted by molar-refractivity contribution is 0.317. The highest BCUT2D eigenvalue weighted by molar-refractivity contribution is 5.54. The quantitative estimate of drug-likeness (QED) is 0.715. The van der Waals surface area contributed by atoms with Gasteiger partial charge in [-0.3, -0.25) is 0 Å². The van der Waals surface area contributed by atoms with Gasteiger partial charge in [0.05, 0.1) is 6.61 Å². The summed E-state index contributed by atoms with van der Waals surface area (Å²) in [5.74, 6) is 1.66. The molecule has 0 spiro atoms. The van der Waals surface area contributed by atoms with Crippen molar-refractivity contribution in [2.45, 2.75) is 40.5 Å². The maximum Gasteiger partial charge on any atom is 0.119 e. The summed E-state index contributed by atoms with van der Waals surface area (Å²) in [6.07, 6.45) is 4.40. The Balaban J connectivity index is 2.56. The molecule has 0 aromatic heterocycles. The first-order chi connectivity index (χ1) is 9.65. The van der Waals surface area contributed by atoms with Crippen molar-refractivity contribution in [2.75, 3.05) is 19.7 Å². The topological polar surface area (TPSA) is 21.3 Å². The number of benzene rings is 1. The van der Waals surface area contributed by atoms with Gasteiger partial charge in [0.2, 0.25) is 0 Å². The second-order valence-electron chi connectivity index (χ2n) is 5.60. The lowest BCUT2D eigenvalue weighted by atomic mass is 10.1. The summed E-state index contributed by atoms with van der Waals surface area (Å²) in [5, 5.41) is 3.50. The Morgan fingerprint density at radius 1 is 1.20 bits per heavy atom. The number of hydrogen-bond acceptors (Lipinski definition) is 2. The highest BCUT2D eigenvalue weighted by Gasteiger charge is 1.98. The van der Waals surface area contributed by atoms with Crippen LogP contribution in [0.2, 0.25) is 0 Å². The molecule has 0 aliphatic heterocycles. The molecule has 0 bridgehead atoms. The molecule has 2 heteroatoms. The maximum absolute atomic E-state index is 5.60. The van der Waals surface area contributed by atoms with E-state index >= 15 is 0 Å². The van der Waals surface area contributed by atoms with Crippen LogP contribution in [0.3, 0.4) is 0 Å². The molecule has 20 heavy (non-hydrogen) atoms. The molecule has 0 radical (unpaired) electrons. The second kappa shape index (κ2) is 9.60. The van der Waals surface area contributed by atoms with E-state index in [1.54, 1.807) is 0 Å². The Bertz CT molecular complexity index is 392. The number of ether oxygens (including phenoxy) is 1. The SMILES string of the molecule is CCCOc1ccc(C=C(CC)CNCC(C)C)cc1. The van der Waals surface area contributed by atoms with Gasteiger partial charge < -0.3 is 10.1 Å². The molecule has 1 rings (SSSR count). The van der Waals surface area contributed by atoms with Crippen molar-refractivity contribution in [3.05, 3.63) is 35.4 Å². The van der Waals surface area contributed by atoms with Gasteiger partial charge >= 0.3 is 0 Å². The minimum absolute atomic E-state index is 0.697. The largest absolute Gasteiger partial charge is 0.494 e. The fourth-order valence-electron chi connectivity index (χ4n) is 1.92. The average molecular weight is 275 g/mol. The molecule has 0 saturated heterocycles. The molecule has 0 amide bonds. The number of rotatable bonds is 9. The van der Waals surface area contributed by atoms with Gasteiger partial charge in [0.25, 0.3) is 0 Å². The van der Waals surface area contributed by atoms with E-state index in [0.29, 0.717) is 5.92 Å². The van der Waals surface area contributed by atoms with E-state index in [2.05, 4.69) is 63.4 Å². The lowest BCUT2D eigenvalue weighted by Gasteiger charge is -2.10. The van der Waals surface area contributed by atoms with Crippen molar-refractivity contribution in [1.82, 2.24) is 5.32 Å². The van der Waals surface area contributed by atoms with E-state index in [-0.39, 0.29) is 0 Å². The van der Waals surface area contributed by atoms with E-state index < -0.39 is 0 Å². The Kier molecular flexibility index (Phi) is 8.05. The third-order valence-corrected chi connectivity index (χ3v) is 3.08. The molecular formula is C18H29NO. The summed E-state index contributed by atoms with van der Waals surface area (Å²) in [7, 11) is 0. The molecule has 2 nitrogen and oxygen atoms in total. The monoisotopic (exact) mass is 275 g/mol. The van der Waals surface area contributed by atoms with Gasteiger partial charge in [-0.25, -0.2) is 0 Å². The van der Waals surface area contributed by atoms with Crippen LogP contribution in [0.1, 0.15) is 46.1 Å². The minimum Gasteiger partial charge on any atom is -0.494 e. The van der Waals surface area contributed by atoms with Crippen LogP contribution in [0.15, 0.2) is 29.8 Å². The maximum atomic E-state index is 5.60. The van der Waals surface area contributed by atoms with Crippen molar-refractivity contribution in [2.24, 2.45) is 5.92 Å². The third-order valence-electron chi connectivity index (χ3n) is 3.08. The first kappa shape index (κ1) is 16.8. The molecule has 0 atom stereocenters. The van der Waals surface area contributed by atoms with Crippen LogP contribution in [0.5, 0.6) is 5.75 Å². The van der Waals surface area contributed by atoms with Gasteiger partial charge in [0.1, 0.15) is 5.75 Å². The van der Waals surface area contributed by atoms with Crippen LogP contribution in [0.25, 0.3) is 6.08 Å². The predicted molar refractivity (Wildman–Crippen MR) is 88.2 cm³/mol. The van der Waals surface area contributed by atoms with Gasteiger partial charge in [-0.15, -0.1) is 0 Å². The van der Waals surface area contributed by atoms with Gasteiger partial charge in [-0.05, 0) is 43.0 Å². The fourth-order valence-corrected chi connectivity index (χ4v) is 1.92. The smallest absolute Gasteiger partial charge is 0.119 e. The lowest BCUT2D eigenvalue weighted by Crippen LogP contribution is -2.21. The molecule has 0 aliphatic rings. The molecule has 0 heterocycles. The van der Waals surface area contributed by atoms with Crippen molar-refractivity contribution in [3.63, 3.8) is 0 Å². The molecule has 0 saturated carbocycles. The van der Waals surface area contributed by atoms with Crippen molar-refractivity contribution < 1.29 is 4.74 Å². The molecule has 1 aromatic carbocycles. The zero-order chi connectivity index (χ0) is 14.8. The third kappa shape index (κ3) is 6.76. The number of nitrogens with one attached hydrogen (secondary N) is 1. The first-order valence-corrected chi connectivity index (χ1v) is 7.78. The summed E-state index contributed by atoms with van der Waals surface area (Å²) >= 11 is 0. The molecule has 112 valence electrons. The molecule has 1 N–H and O–H groups in total. The van der Waals surface area contributed by atoms with Gasteiger partial charge in [0.15, 0.2) is 0 Å². The van der Waals surface area contributed by atoms with Gasteiger partial charge in [0, 0.05) is 6.54 Å². The normalized spacial score (nSPS) is 11.9. The van der Waals surface area contributed by atoms with Crippen LogP contribution in [0.4, 0.5) is 0 Å². The molecule has 0 aliphatic carbocycles. The van der Waals surface area contributed by atoms with E-state index in [1.165, 1.54) is 11.1 Å². The van der Waals surface area contributed by atoms with Crippen LogP contribution in [-0.4, -0.2) is 19.7 Å². The summed E-state index contributed by atoms with van der Waals surface area (Å²) < 4.78 is 5.60. The molecule has 0 fully saturated rings. The summed E-state index contributed by atoms with van der Waals surface area (Å²) in [6.45, 7) is 11.6. The molecular weight excluding hydrogens is 246 g/mol. The highest BCUT2D eigenvalue weighted by Crippen LogP contribution is 2.15. The van der Waals surface area contributed by atoms with Crippen LogP contribution in [0, 0.1) is 5.92 Å². The van der Waals surface area contributed by atoms with Crippen LogP contribution < -0.4 is 10.1 Å². The summed E-state index contributed by atoms with van der Waals surface area (Å²) in [6, 6.07) is 8.36. The predicted octanol–water partition coefficient (Wildman–Crippen LogP) is 4.51. The van der Waals surface area contributed by atoms with Gasteiger partial charge in [-0.1, -0.05) is 51.5 Å². The zero-order valence-corrected chi connectivity index (χ0v) is 13.4. The van der Waals surface area contributed by atoms with E-state index in [1.807, 2.05) is 0 Å². The van der Waals surface area contributed by atoms with E-state index in [9.17, 15) is 0 Å². The van der Waals surface area contributed by atoms with E-state index in [0.717, 1.165) is 38.3 Å². The fraction of sp³-hybridized carbons (Fsp3) is 0.556. The zero-order valence-electron chi connectivity index (χ0n) is 13.4. The minimum atomic E-state index is 0.697. The Hall–Kier alpha value is -1.28.